The van der Waals surface area contributed by atoms with Crippen molar-refractivity contribution in [3.8, 4) is 6.07 Å². The third-order valence-corrected chi connectivity index (χ3v) is 3.80. The second-order valence-corrected chi connectivity index (χ2v) is 5.40. The van der Waals surface area contributed by atoms with Crippen molar-refractivity contribution in [1.82, 2.24) is 4.72 Å². The van der Waals surface area contributed by atoms with Gasteiger partial charge in [0.2, 0.25) is 10.0 Å². The molecule has 1 rings (SSSR count). The minimum atomic E-state index is -4.31. The van der Waals surface area contributed by atoms with Gasteiger partial charge in [0.15, 0.2) is 0 Å². The summed E-state index contributed by atoms with van der Waals surface area (Å²) in [6, 6.07) is 5.03. The fourth-order valence-electron chi connectivity index (χ4n) is 1.40. The molecule has 1 unspecified atom stereocenters. The maximum Gasteiger partial charge on any atom is 0.322 e. The third kappa shape index (κ3) is 3.78. The number of hydrogen-bond acceptors (Lipinski definition) is 5. The lowest BCUT2D eigenvalue weighted by Gasteiger charge is -2.13. The van der Waals surface area contributed by atoms with Gasteiger partial charge in [0.25, 0.3) is 0 Å². The van der Waals surface area contributed by atoms with E-state index in [1.165, 1.54) is 18.2 Å². The van der Waals surface area contributed by atoms with E-state index in [4.69, 9.17) is 15.5 Å². The SMILES string of the molecule is N#Cc1ccccc1S(=O)(=O)NC(CC(=O)O)C(=O)O. The molecule has 0 bridgehead atoms. The molecule has 1 atom stereocenters. The largest absolute Gasteiger partial charge is 0.481 e. The van der Waals surface area contributed by atoms with E-state index in [0.29, 0.717) is 0 Å². The van der Waals surface area contributed by atoms with Crippen molar-refractivity contribution in [2.24, 2.45) is 0 Å². The van der Waals surface area contributed by atoms with Crippen molar-refractivity contribution in [3.05, 3.63) is 29.8 Å². The van der Waals surface area contributed by atoms with E-state index in [0.717, 1.165) is 6.07 Å². The van der Waals surface area contributed by atoms with Crippen LogP contribution in [0.4, 0.5) is 0 Å². The molecule has 1 aromatic rings. The molecule has 0 amide bonds. The van der Waals surface area contributed by atoms with Gasteiger partial charge in [-0.1, -0.05) is 12.1 Å². The summed E-state index contributed by atoms with van der Waals surface area (Å²) in [5.74, 6) is -3.08. The van der Waals surface area contributed by atoms with Crippen molar-refractivity contribution in [1.29, 1.82) is 5.26 Å². The van der Waals surface area contributed by atoms with Crippen molar-refractivity contribution in [3.63, 3.8) is 0 Å². The van der Waals surface area contributed by atoms with E-state index in [9.17, 15) is 18.0 Å². The molecule has 0 saturated carbocycles. The number of rotatable bonds is 6. The molecule has 1 aromatic carbocycles. The Balaban J connectivity index is 3.14. The number of carboxylic acid groups (broad SMARTS) is 2. The van der Waals surface area contributed by atoms with E-state index >= 15 is 0 Å². The van der Waals surface area contributed by atoms with Crippen molar-refractivity contribution in [2.45, 2.75) is 17.4 Å². The average Bonchev–Trinajstić information content (AvgIpc) is 2.37. The van der Waals surface area contributed by atoms with E-state index in [-0.39, 0.29) is 5.56 Å². The van der Waals surface area contributed by atoms with Crippen LogP contribution in [0.15, 0.2) is 29.2 Å². The number of carbonyl (C=O) groups is 2. The van der Waals surface area contributed by atoms with E-state index in [1.807, 2.05) is 0 Å². The van der Waals surface area contributed by atoms with Crippen LogP contribution in [0.1, 0.15) is 12.0 Å². The highest BCUT2D eigenvalue weighted by Crippen LogP contribution is 2.15. The Morgan fingerprint density at radius 3 is 2.40 bits per heavy atom. The molecule has 3 N–H and O–H groups in total. The van der Waals surface area contributed by atoms with Crippen LogP contribution in [0, 0.1) is 11.3 Å². The van der Waals surface area contributed by atoms with Gasteiger partial charge in [-0.3, -0.25) is 9.59 Å². The van der Waals surface area contributed by atoms with Gasteiger partial charge >= 0.3 is 11.9 Å². The van der Waals surface area contributed by atoms with Crippen LogP contribution in [0.3, 0.4) is 0 Å². The lowest BCUT2D eigenvalue weighted by atomic mass is 10.2. The second kappa shape index (κ2) is 6.14. The molecule has 0 aromatic heterocycles. The standard InChI is InChI=1S/C11H10N2O6S/c12-6-7-3-1-2-4-9(7)20(18,19)13-8(11(16)17)5-10(14)15/h1-4,8,13H,5H2,(H,14,15)(H,16,17). The third-order valence-electron chi connectivity index (χ3n) is 2.27. The molecule has 0 fully saturated rings. The number of carboxylic acids is 2. The highest BCUT2D eigenvalue weighted by molar-refractivity contribution is 7.89. The number of nitrogens with zero attached hydrogens (tertiary/aromatic N) is 1. The second-order valence-electron chi connectivity index (χ2n) is 3.72. The molecular weight excluding hydrogens is 288 g/mol. The van der Waals surface area contributed by atoms with Crippen molar-refractivity contribution < 1.29 is 28.2 Å². The first-order chi connectivity index (χ1) is 9.27. The molecule has 0 heterocycles. The number of nitriles is 1. The lowest BCUT2D eigenvalue weighted by molar-refractivity contribution is -0.145. The summed E-state index contributed by atoms with van der Waals surface area (Å²) < 4.78 is 25.7. The molecule has 0 aliphatic heterocycles. The zero-order valence-corrected chi connectivity index (χ0v) is 10.8. The maximum absolute atomic E-state index is 12.0. The number of nitrogens with one attached hydrogen (secondary N) is 1. The van der Waals surface area contributed by atoms with Crippen LogP contribution in [0.2, 0.25) is 0 Å². The molecule has 8 nitrogen and oxygen atoms in total. The number of aliphatic carboxylic acids is 2. The topological polar surface area (TPSA) is 145 Å². The van der Waals surface area contributed by atoms with E-state index < -0.39 is 39.3 Å². The van der Waals surface area contributed by atoms with Crippen LogP contribution in [-0.2, 0) is 19.6 Å². The summed E-state index contributed by atoms with van der Waals surface area (Å²) in [7, 11) is -4.31. The van der Waals surface area contributed by atoms with Crippen LogP contribution < -0.4 is 4.72 Å². The Kier molecular flexibility index (Phi) is 4.79. The van der Waals surface area contributed by atoms with Crippen LogP contribution >= 0.6 is 0 Å². The summed E-state index contributed by atoms with van der Waals surface area (Å²) >= 11 is 0. The van der Waals surface area contributed by atoms with Gasteiger partial charge in [-0.2, -0.15) is 9.98 Å². The van der Waals surface area contributed by atoms with Crippen molar-refractivity contribution >= 4 is 22.0 Å². The van der Waals surface area contributed by atoms with Gasteiger partial charge < -0.3 is 10.2 Å². The predicted octanol–water partition coefficient (Wildman–Crippen LogP) is -0.236. The zero-order chi connectivity index (χ0) is 15.3. The molecule has 106 valence electrons. The fraction of sp³-hybridized carbons (Fsp3) is 0.182. The van der Waals surface area contributed by atoms with Gasteiger partial charge in [-0.15, -0.1) is 0 Å². The van der Waals surface area contributed by atoms with Crippen LogP contribution in [0.5, 0.6) is 0 Å². The van der Waals surface area contributed by atoms with Crippen LogP contribution in [0.25, 0.3) is 0 Å². The molecule has 0 aliphatic rings. The molecule has 0 aliphatic carbocycles. The Bertz CT molecular complexity index is 676. The fourth-order valence-corrected chi connectivity index (χ4v) is 2.74. The predicted molar refractivity (Wildman–Crippen MR) is 65.2 cm³/mol. The summed E-state index contributed by atoms with van der Waals surface area (Å²) in [5, 5.41) is 26.2. The lowest BCUT2D eigenvalue weighted by Crippen LogP contribution is -2.42. The first-order valence-electron chi connectivity index (χ1n) is 5.24. The molecule has 0 spiro atoms. The molecule has 0 radical (unpaired) electrons. The summed E-state index contributed by atoms with van der Waals surface area (Å²) in [5.41, 5.74) is -0.167. The number of hydrogen-bond donors (Lipinski definition) is 3. The minimum absolute atomic E-state index is 0.167. The van der Waals surface area contributed by atoms with E-state index in [2.05, 4.69) is 0 Å². The summed E-state index contributed by atoms with van der Waals surface area (Å²) in [6.45, 7) is 0. The highest BCUT2D eigenvalue weighted by Gasteiger charge is 2.28. The first kappa shape index (κ1) is 15.6. The van der Waals surface area contributed by atoms with E-state index in [1.54, 1.807) is 10.8 Å². The van der Waals surface area contributed by atoms with Crippen molar-refractivity contribution in [2.75, 3.05) is 0 Å². The normalized spacial score (nSPS) is 12.3. The first-order valence-corrected chi connectivity index (χ1v) is 6.72. The minimum Gasteiger partial charge on any atom is -0.481 e. The Labute approximate surface area is 114 Å². The molecule has 9 heteroatoms. The number of benzene rings is 1. The monoisotopic (exact) mass is 298 g/mol. The van der Waals surface area contributed by atoms with Gasteiger partial charge in [0.1, 0.15) is 12.1 Å². The molecule has 20 heavy (non-hydrogen) atoms. The average molecular weight is 298 g/mol. The summed E-state index contributed by atoms with van der Waals surface area (Å²) in [6.07, 6.45) is -0.913. The van der Waals surface area contributed by atoms with Gasteiger partial charge in [0, 0.05) is 0 Å². The zero-order valence-electron chi connectivity index (χ0n) is 9.98. The quantitative estimate of drug-likeness (QED) is 0.657. The van der Waals surface area contributed by atoms with Gasteiger partial charge in [0.05, 0.1) is 16.9 Å². The highest BCUT2D eigenvalue weighted by atomic mass is 32.2. The summed E-state index contributed by atoms with van der Waals surface area (Å²) in [4.78, 5) is 20.9. The Morgan fingerprint density at radius 2 is 1.90 bits per heavy atom. The maximum atomic E-state index is 12.0. The smallest absolute Gasteiger partial charge is 0.322 e. The van der Waals surface area contributed by atoms with Crippen LogP contribution in [-0.4, -0.2) is 36.6 Å². The molecular formula is C11H10N2O6S. The Hall–Kier alpha value is -2.44. The Morgan fingerprint density at radius 1 is 1.30 bits per heavy atom. The van der Waals surface area contributed by atoms with Gasteiger partial charge in [-0.25, -0.2) is 8.42 Å². The van der Waals surface area contributed by atoms with Gasteiger partial charge in [-0.05, 0) is 12.1 Å². The number of sulfonamides is 1. The molecule has 0 saturated heterocycles.